The first-order chi connectivity index (χ1) is 13.8. The molecule has 1 atom stereocenters. The van der Waals surface area contributed by atoms with Crippen LogP contribution < -0.4 is 10.5 Å². The van der Waals surface area contributed by atoms with E-state index in [4.69, 9.17) is 20.3 Å². The molecule has 8 heteroatoms. The van der Waals surface area contributed by atoms with Crippen LogP contribution in [0.15, 0.2) is 24.3 Å². The van der Waals surface area contributed by atoms with Crippen molar-refractivity contribution < 1.29 is 28.7 Å². The molecule has 0 spiro atoms. The van der Waals surface area contributed by atoms with Crippen molar-refractivity contribution in [1.29, 1.82) is 0 Å². The smallest absolute Gasteiger partial charge is 0.469 e. The average Bonchev–Trinajstić information content (AvgIpc) is 2.72. The van der Waals surface area contributed by atoms with Gasteiger partial charge in [-0.1, -0.05) is 50.7 Å². The zero-order chi connectivity index (χ0) is 21.2. The molecule has 1 saturated carbocycles. The fourth-order valence-corrected chi connectivity index (χ4v) is 4.18. The third kappa shape index (κ3) is 10.1. The zero-order valence-electron chi connectivity index (χ0n) is 17.2. The zero-order valence-corrected chi connectivity index (χ0v) is 18.1. The van der Waals surface area contributed by atoms with E-state index in [2.05, 4.69) is 4.52 Å². The van der Waals surface area contributed by atoms with Crippen LogP contribution in [-0.2, 0) is 15.5 Å². The predicted octanol–water partition coefficient (Wildman–Crippen LogP) is 3.55. The van der Waals surface area contributed by atoms with Crippen molar-refractivity contribution in [3.8, 4) is 5.75 Å². The molecular formula is C21H36NO6P. The van der Waals surface area contributed by atoms with E-state index in [0.717, 1.165) is 30.3 Å². The van der Waals surface area contributed by atoms with E-state index in [1.807, 2.05) is 24.3 Å². The Morgan fingerprint density at radius 2 is 1.79 bits per heavy atom. The number of hydrogen-bond acceptors (Lipinski definition) is 5. The van der Waals surface area contributed by atoms with E-state index in [-0.39, 0.29) is 0 Å². The van der Waals surface area contributed by atoms with E-state index >= 15 is 0 Å². The second-order valence-corrected chi connectivity index (χ2v) is 9.52. The minimum atomic E-state index is -4.61. The summed E-state index contributed by atoms with van der Waals surface area (Å²) in [6, 6.07) is 7.72. The van der Waals surface area contributed by atoms with Crippen LogP contribution in [0.2, 0.25) is 0 Å². The summed E-state index contributed by atoms with van der Waals surface area (Å²) in [6.45, 7) is -0.104. The van der Waals surface area contributed by atoms with E-state index in [0.29, 0.717) is 12.8 Å². The highest BCUT2D eigenvalue weighted by Gasteiger charge is 2.28. The molecule has 0 bridgehead atoms. The largest absolute Gasteiger partial charge is 0.494 e. The van der Waals surface area contributed by atoms with Gasteiger partial charge in [-0.05, 0) is 49.3 Å². The van der Waals surface area contributed by atoms with Crippen molar-refractivity contribution in [2.24, 2.45) is 11.7 Å². The maximum absolute atomic E-state index is 10.8. The Bertz CT molecular complexity index is 629. The van der Waals surface area contributed by atoms with Crippen molar-refractivity contribution in [3.63, 3.8) is 0 Å². The molecule has 7 nitrogen and oxygen atoms in total. The van der Waals surface area contributed by atoms with Gasteiger partial charge >= 0.3 is 7.82 Å². The van der Waals surface area contributed by atoms with Gasteiger partial charge in [0, 0.05) is 0 Å². The first-order valence-electron chi connectivity index (χ1n) is 10.6. The molecule has 1 unspecified atom stereocenters. The van der Waals surface area contributed by atoms with Crippen molar-refractivity contribution in [2.45, 2.75) is 69.7 Å². The van der Waals surface area contributed by atoms with Crippen molar-refractivity contribution in [2.75, 3.05) is 19.8 Å². The number of unbranched alkanes of at least 4 members (excludes halogenated alkanes) is 1. The van der Waals surface area contributed by atoms with Crippen molar-refractivity contribution in [3.05, 3.63) is 29.8 Å². The molecular weight excluding hydrogens is 393 g/mol. The quantitative estimate of drug-likeness (QED) is 0.279. The number of hydrogen-bond donors (Lipinski definition) is 4. The van der Waals surface area contributed by atoms with Crippen LogP contribution in [0.3, 0.4) is 0 Å². The van der Waals surface area contributed by atoms with E-state index in [9.17, 15) is 9.67 Å². The van der Waals surface area contributed by atoms with Gasteiger partial charge in [0.1, 0.15) is 5.75 Å². The second kappa shape index (κ2) is 12.0. The summed E-state index contributed by atoms with van der Waals surface area (Å²) in [4.78, 5) is 17.6. The fraction of sp³-hybridized carbons (Fsp3) is 0.714. The summed E-state index contributed by atoms with van der Waals surface area (Å²) in [5.74, 6) is 1.75. The highest BCUT2D eigenvalue weighted by Crippen LogP contribution is 2.37. The molecule has 2 rings (SSSR count). The van der Waals surface area contributed by atoms with Gasteiger partial charge in [0.15, 0.2) is 0 Å². The number of phosphoric acid groups is 1. The number of aliphatic hydroxyl groups excluding tert-OH is 1. The molecule has 166 valence electrons. The lowest BCUT2D eigenvalue weighted by Gasteiger charge is -2.27. The Labute approximate surface area is 173 Å². The third-order valence-corrected chi connectivity index (χ3v) is 6.14. The predicted molar refractivity (Wildman–Crippen MR) is 113 cm³/mol. The number of nitrogens with two attached hydrogens (primary N) is 1. The third-order valence-electron chi connectivity index (χ3n) is 5.67. The highest BCUT2D eigenvalue weighted by molar-refractivity contribution is 7.46. The maximum Gasteiger partial charge on any atom is 0.469 e. The Morgan fingerprint density at radius 3 is 2.41 bits per heavy atom. The van der Waals surface area contributed by atoms with Gasteiger partial charge in [0.05, 0.1) is 25.4 Å². The second-order valence-electron chi connectivity index (χ2n) is 8.28. The number of aryl methyl sites for hydroxylation is 1. The van der Waals surface area contributed by atoms with Gasteiger partial charge in [0.2, 0.25) is 0 Å². The molecule has 1 aromatic carbocycles. The summed E-state index contributed by atoms with van der Waals surface area (Å²) in [5, 5.41) is 9.45. The summed E-state index contributed by atoms with van der Waals surface area (Å²) in [6.07, 6.45) is 11.5. The first-order valence-corrected chi connectivity index (χ1v) is 12.1. The summed E-state index contributed by atoms with van der Waals surface area (Å²) in [5.41, 5.74) is 5.80. The molecule has 5 N–H and O–H groups in total. The molecule has 0 radical (unpaired) electrons. The SMILES string of the molecule is NC(CO)(CCc1ccc(OCCCCC2CCCCC2)cc1)COP(=O)(O)O. The van der Waals surface area contributed by atoms with E-state index < -0.39 is 26.6 Å². The molecule has 0 saturated heterocycles. The minimum absolute atomic E-state index is 0.338. The van der Waals surface area contributed by atoms with Gasteiger partial charge in [-0.15, -0.1) is 0 Å². The molecule has 0 aromatic heterocycles. The molecule has 1 aliphatic rings. The summed E-state index contributed by atoms with van der Waals surface area (Å²) < 4.78 is 21.1. The lowest BCUT2D eigenvalue weighted by molar-refractivity contribution is 0.102. The van der Waals surface area contributed by atoms with Gasteiger partial charge in [-0.25, -0.2) is 4.57 Å². The van der Waals surface area contributed by atoms with Crippen LogP contribution in [0.1, 0.15) is 63.4 Å². The summed E-state index contributed by atoms with van der Waals surface area (Å²) in [7, 11) is -4.61. The highest BCUT2D eigenvalue weighted by atomic mass is 31.2. The van der Waals surface area contributed by atoms with Crippen molar-refractivity contribution in [1.82, 2.24) is 0 Å². The molecule has 1 aliphatic carbocycles. The molecule has 0 amide bonds. The monoisotopic (exact) mass is 429 g/mol. The first kappa shape index (κ1) is 24.3. The Morgan fingerprint density at radius 1 is 1.10 bits per heavy atom. The van der Waals surface area contributed by atoms with Crippen LogP contribution >= 0.6 is 7.82 Å². The van der Waals surface area contributed by atoms with Crippen LogP contribution in [0, 0.1) is 5.92 Å². The van der Waals surface area contributed by atoms with Crippen LogP contribution in [-0.4, -0.2) is 40.3 Å². The van der Waals surface area contributed by atoms with Crippen molar-refractivity contribution >= 4 is 7.82 Å². The van der Waals surface area contributed by atoms with Crippen LogP contribution in [0.4, 0.5) is 0 Å². The fourth-order valence-electron chi connectivity index (χ4n) is 3.76. The van der Waals surface area contributed by atoms with Crippen LogP contribution in [0.5, 0.6) is 5.75 Å². The molecule has 1 fully saturated rings. The van der Waals surface area contributed by atoms with Gasteiger partial charge in [-0.2, -0.15) is 0 Å². The van der Waals surface area contributed by atoms with Gasteiger partial charge in [-0.3, -0.25) is 4.52 Å². The van der Waals surface area contributed by atoms with Gasteiger partial charge < -0.3 is 25.4 Å². The summed E-state index contributed by atoms with van der Waals surface area (Å²) >= 11 is 0. The molecule has 1 aromatic rings. The minimum Gasteiger partial charge on any atom is -0.494 e. The molecule has 29 heavy (non-hydrogen) atoms. The molecule has 0 aliphatic heterocycles. The lowest BCUT2D eigenvalue weighted by Crippen LogP contribution is -2.48. The van der Waals surface area contributed by atoms with Crippen LogP contribution in [0.25, 0.3) is 0 Å². The maximum atomic E-state index is 10.8. The Kier molecular flexibility index (Phi) is 10.1. The lowest BCUT2D eigenvalue weighted by atomic mass is 9.86. The number of ether oxygens (including phenoxy) is 1. The number of aliphatic hydroxyl groups is 1. The number of rotatable bonds is 13. The average molecular weight is 429 g/mol. The van der Waals surface area contributed by atoms with E-state index in [1.165, 1.54) is 44.9 Å². The standard InChI is InChI=1S/C21H36NO6P/c22-21(16-23,17-28-29(24,25)26)14-13-19-9-11-20(12-10-19)27-15-5-4-8-18-6-2-1-3-7-18/h9-12,18,23H,1-8,13-17,22H2,(H2,24,25,26). The van der Waals surface area contributed by atoms with E-state index in [1.54, 1.807) is 0 Å². The number of phosphoric ester groups is 1. The topological polar surface area (TPSA) is 122 Å². The Hall–Kier alpha value is -0.950. The number of benzene rings is 1. The van der Waals surface area contributed by atoms with Gasteiger partial charge in [0.25, 0.3) is 0 Å². The normalized spacial score (nSPS) is 17.8. The molecule has 0 heterocycles. The Balaban J connectivity index is 1.66.